The van der Waals surface area contributed by atoms with Crippen LogP contribution in [0.3, 0.4) is 0 Å². The third kappa shape index (κ3) is 2.31. The fraction of sp³-hybridized carbons (Fsp3) is 0.368. The zero-order chi connectivity index (χ0) is 16.1. The predicted molar refractivity (Wildman–Crippen MR) is 101 cm³/mol. The van der Waals surface area contributed by atoms with E-state index in [-0.39, 0.29) is 0 Å². The molecule has 0 saturated carbocycles. The van der Waals surface area contributed by atoms with E-state index in [1.165, 1.54) is 22.6 Å². The first-order valence-corrected chi connectivity index (χ1v) is 9.00. The van der Waals surface area contributed by atoms with Crippen molar-refractivity contribution < 1.29 is 0 Å². The van der Waals surface area contributed by atoms with Crippen molar-refractivity contribution in [1.29, 1.82) is 0 Å². The van der Waals surface area contributed by atoms with E-state index < -0.39 is 0 Å². The molecule has 0 aliphatic carbocycles. The molecular formula is C19H22BrN3. The zero-order valence-electron chi connectivity index (χ0n) is 13.8. The van der Waals surface area contributed by atoms with Crippen LogP contribution < -0.4 is 15.1 Å². The van der Waals surface area contributed by atoms with Crippen molar-refractivity contribution in [2.75, 3.05) is 28.7 Å². The molecule has 2 aliphatic heterocycles. The fourth-order valence-electron chi connectivity index (χ4n) is 3.92. The fourth-order valence-corrected chi connectivity index (χ4v) is 4.30. The highest BCUT2D eigenvalue weighted by Gasteiger charge is 2.44. The maximum absolute atomic E-state index is 3.77. The van der Waals surface area contributed by atoms with Crippen molar-refractivity contribution in [2.24, 2.45) is 5.92 Å². The monoisotopic (exact) mass is 371 g/mol. The van der Waals surface area contributed by atoms with Crippen LogP contribution in [-0.2, 0) is 0 Å². The molecule has 23 heavy (non-hydrogen) atoms. The molecule has 2 unspecified atom stereocenters. The van der Waals surface area contributed by atoms with Gasteiger partial charge in [0.15, 0.2) is 0 Å². The molecule has 0 bridgehead atoms. The van der Waals surface area contributed by atoms with Gasteiger partial charge in [-0.25, -0.2) is 0 Å². The number of hydrogen-bond donors (Lipinski definition) is 1. The summed E-state index contributed by atoms with van der Waals surface area (Å²) in [4.78, 5) is 4.98. The summed E-state index contributed by atoms with van der Waals surface area (Å²) in [7, 11) is 2.21. The second-order valence-corrected chi connectivity index (χ2v) is 7.83. The van der Waals surface area contributed by atoms with Crippen molar-refractivity contribution in [3.8, 4) is 0 Å². The number of anilines is 3. The first kappa shape index (κ1) is 14.9. The lowest BCUT2D eigenvalue weighted by Gasteiger charge is -2.43. The number of nitrogens with one attached hydrogen (secondary N) is 1. The summed E-state index contributed by atoms with van der Waals surface area (Å²) < 4.78 is 1.14. The zero-order valence-corrected chi connectivity index (χ0v) is 15.3. The largest absolute Gasteiger partial charge is 0.373 e. The third-order valence-electron chi connectivity index (χ3n) is 4.81. The summed E-state index contributed by atoms with van der Waals surface area (Å²) in [6.07, 6.45) is 0.316. The van der Waals surface area contributed by atoms with Crippen LogP contribution in [0.15, 0.2) is 46.9 Å². The van der Waals surface area contributed by atoms with Gasteiger partial charge >= 0.3 is 0 Å². The Bertz CT molecular complexity index is 743. The molecule has 2 atom stereocenters. The first-order valence-electron chi connectivity index (χ1n) is 8.21. The SMILES string of the molecule is CC(C)CN1c2ccc(Br)cc2C2Nc3ccccc3N(C)C21. The van der Waals surface area contributed by atoms with Crippen LogP contribution in [0.5, 0.6) is 0 Å². The quantitative estimate of drug-likeness (QED) is 0.813. The number of hydrogen-bond acceptors (Lipinski definition) is 3. The molecule has 4 heteroatoms. The van der Waals surface area contributed by atoms with Gasteiger partial charge in [0.05, 0.1) is 17.4 Å². The van der Waals surface area contributed by atoms with Crippen LogP contribution >= 0.6 is 15.9 Å². The molecule has 1 N–H and O–H groups in total. The van der Waals surface area contributed by atoms with Gasteiger partial charge in [-0.05, 0) is 36.2 Å². The van der Waals surface area contributed by atoms with Gasteiger partial charge in [-0.2, -0.15) is 0 Å². The summed E-state index contributed by atoms with van der Waals surface area (Å²) in [6.45, 7) is 5.64. The number of benzene rings is 2. The van der Waals surface area contributed by atoms with Crippen LogP contribution in [0, 0.1) is 5.92 Å². The van der Waals surface area contributed by atoms with Crippen LogP contribution in [0.4, 0.5) is 17.1 Å². The van der Waals surface area contributed by atoms with E-state index in [1.54, 1.807) is 0 Å². The summed E-state index contributed by atoms with van der Waals surface area (Å²) in [5.41, 5.74) is 5.22. The number of nitrogens with zero attached hydrogens (tertiary/aromatic N) is 2. The van der Waals surface area contributed by atoms with Gasteiger partial charge < -0.3 is 15.1 Å². The lowest BCUT2D eigenvalue weighted by molar-refractivity contribution is 0.500. The molecule has 2 heterocycles. The molecule has 0 aromatic heterocycles. The van der Waals surface area contributed by atoms with E-state index >= 15 is 0 Å². The average Bonchev–Trinajstić information content (AvgIpc) is 2.81. The highest BCUT2D eigenvalue weighted by atomic mass is 79.9. The highest BCUT2D eigenvalue weighted by Crippen LogP contribution is 2.48. The molecule has 0 radical (unpaired) electrons. The van der Waals surface area contributed by atoms with Crippen molar-refractivity contribution in [1.82, 2.24) is 0 Å². The van der Waals surface area contributed by atoms with Gasteiger partial charge in [-0.1, -0.05) is 41.9 Å². The topological polar surface area (TPSA) is 18.5 Å². The standard InChI is InChI=1S/C19H22BrN3/c1-12(2)11-23-16-9-8-13(20)10-14(16)18-19(23)22(3)17-7-5-4-6-15(17)21-18/h4-10,12,18-19,21H,11H2,1-3H3. The lowest BCUT2D eigenvalue weighted by atomic mass is 10.0. The minimum atomic E-state index is 0.293. The third-order valence-corrected chi connectivity index (χ3v) is 5.30. The number of rotatable bonds is 2. The molecule has 4 rings (SSSR count). The van der Waals surface area contributed by atoms with E-state index in [4.69, 9.17) is 0 Å². The molecule has 2 aromatic rings. The molecule has 2 aromatic carbocycles. The van der Waals surface area contributed by atoms with Gasteiger partial charge in [0.25, 0.3) is 0 Å². The maximum Gasteiger partial charge on any atom is 0.126 e. The summed E-state index contributed by atoms with van der Waals surface area (Å²) in [5, 5.41) is 3.77. The minimum absolute atomic E-state index is 0.293. The molecule has 0 saturated heterocycles. The minimum Gasteiger partial charge on any atom is -0.373 e. The molecule has 0 amide bonds. The second kappa shape index (κ2) is 5.45. The first-order chi connectivity index (χ1) is 11.1. The molecule has 120 valence electrons. The summed E-state index contributed by atoms with van der Waals surface area (Å²) in [5.74, 6) is 0.621. The van der Waals surface area contributed by atoms with Crippen molar-refractivity contribution in [2.45, 2.75) is 26.1 Å². The Hall–Kier alpha value is -1.68. The number of likely N-dealkylation sites (N-methyl/N-ethyl adjacent to an activating group) is 1. The van der Waals surface area contributed by atoms with E-state index in [1.807, 2.05) is 0 Å². The Labute approximate surface area is 146 Å². The molecule has 0 spiro atoms. The van der Waals surface area contributed by atoms with Gasteiger partial charge in [0.2, 0.25) is 0 Å². The van der Waals surface area contributed by atoms with Crippen molar-refractivity contribution >= 4 is 33.0 Å². The van der Waals surface area contributed by atoms with Gasteiger partial charge in [0, 0.05) is 29.3 Å². The average molecular weight is 372 g/mol. The Kier molecular flexibility index (Phi) is 3.52. The van der Waals surface area contributed by atoms with Gasteiger partial charge in [0.1, 0.15) is 6.17 Å². The Morgan fingerprint density at radius 2 is 1.91 bits per heavy atom. The second-order valence-electron chi connectivity index (χ2n) is 6.91. The summed E-state index contributed by atoms with van der Waals surface area (Å²) in [6, 6.07) is 15.5. The summed E-state index contributed by atoms with van der Waals surface area (Å²) >= 11 is 3.64. The number of para-hydroxylation sites is 2. The van der Waals surface area contributed by atoms with E-state index in [2.05, 4.69) is 94.4 Å². The molecule has 3 nitrogen and oxygen atoms in total. The maximum atomic E-state index is 3.77. The normalized spacial score (nSPS) is 21.8. The molecule has 2 aliphatic rings. The van der Waals surface area contributed by atoms with Gasteiger partial charge in [-0.15, -0.1) is 0 Å². The van der Waals surface area contributed by atoms with Crippen LogP contribution in [0.25, 0.3) is 0 Å². The lowest BCUT2D eigenvalue weighted by Crippen LogP contribution is -2.52. The van der Waals surface area contributed by atoms with Crippen LogP contribution in [0.2, 0.25) is 0 Å². The van der Waals surface area contributed by atoms with E-state index in [9.17, 15) is 0 Å². The smallest absolute Gasteiger partial charge is 0.126 e. The van der Waals surface area contributed by atoms with Crippen LogP contribution in [0.1, 0.15) is 25.5 Å². The van der Waals surface area contributed by atoms with E-state index in [0.29, 0.717) is 18.1 Å². The predicted octanol–water partition coefficient (Wildman–Crippen LogP) is 4.85. The number of halogens is 1. The van der Waals surface area contributed by atoms with Gasteiger partial charge in [-0.3, -0.25) is 0 Å². The number of fused-ring (bicyclic) bond motifs is 4. The highest BCUT2D eigenvalue weighted by molar-refractivity contribution is 9.10. The van der Waals surface area contributed by atoms with Crippen molar-refractivity contribution in [3.63, 3.8) is 0 Å². The van der Waals surface area contributed by atoms with Crippen molar-refractivity contribution in [3.05, 3.63) is 52.5 Å². The van der Waals surface area contributed by atoms with Crippen LogP contribution in [-0.4, -0.2) is 19.8 Å². The molecular weight excluding hydrogens is 350 g/mol. The Morgan fingerprint density at radius 1 is 1.13 bits per heavy atom. The Balaban J connectivity index is 1.84. The van der Waals surface area contributed by atoms with E-state index in [0.717, 1.165) is 11.0 Å². The molecule has 0 fully saturated rings. The Morgan fingerprint density at radius 3 is 2.70 bits per heavy atom.